The van der Waals surface area contributed by atoms with Crippen molar-refractivity contribution in [3.63, 3.8) is 0 Å². The fourth-order valence-corrected chi connectivity index (χ4v) is 2.23. The van der Waals surface area contributed by atoms with E-state index in [-0.39, 0.29) is 24.7 Å². The van der Waals surface area contributed by atoms with Gasteiger partial charge >= 0.3 is 17.9 Å². The first-order valence-corrected chi connectivity index (χ1v) is 7.67. The number of ether oxygens (including phenoxy) is 3. The Labute approximate surface area is 143 Å². The standard InChI is InChI=1S/C18H26O6/c1-6-15(19)22-11-9-18(5,10-12-23-16(20)7-2)13-14(4)24-17(21)8-3/h6-8,14H,1-3,9-13H2,4-5H3. The van der Waals surface area contributed by atoms with Crippen LogP contribution in [-0.4, -0.2) is 37.2 Å². The third-order valence-corrected chi connectivity index (χ3v) is 3.50. The SMILES string of the molecule is C=CC(=O)OCCC(C)(CCOC(=O)C=C)CC(C)OC(=O)C=C. The molecule has 0 radical (unpaired) electrons. The predicted octanol–water partition coefficient (Wildman–Crippen LogP) is 2.74. The molecule has 0 aromatic carbocycles. The van der Waals surface area contributed by atoms with Crippen LogP contribution in [0.25, 0.3) is 0 Å². The zero-order chi connectivity index (χ0) is 18.6. The van der Waals surface area contributed by atoms with Gasteiger partial charge in [-0.15, -0.1) is 0 Å². The molecule has 0 heterocycles. The first-order valence-electron chi connectivity index (χ1n) is 7.67. The van der Waals surface area contributed by atoms with Crippen molar-refractivity contribution in [2.45, 2.75) is 39.2 Å². The van der Waals surface area contributed by atoms with E-state index in [1.165, 1.54) is 0 Å². The maximum atomic E-state index is 11.3. The lowest BCUT2D eigenvalue weighted by Gasteiger charge is -2.31. The monoisotopic (exact) mass is 338 g/mol. The molecule has 1 unspecified atom stereocenters. The molecule has 0 aromatic rings. The summed E-state index contributed by atoms with van der Waals surface area (Å²) in [5.74, 6) is -1.50. The molecule has 0 aliphatic carbocycles. The molecule has 0 fully saturated rings. The molecular weight excluding hydrogens is 312 g/mol. The van der Waals surface area contributed by atoms with Crippen LogP contribution in [0.1, 0.15) is 33.1 Å². The Morgan fingerprint density at radius 2 is 1.33 bits per heavy atom. The molecule has 6 nitrogen and oxygen atoms in total. The molecular formula is C18H26O6. The molecule has 0 saturated heterocycles. The first-order chi connectivity index (χ1) is 11.3. The summed E-state index contributed by atoms with van der Waals surface area (Å²) in [4.78, 5) is 33.6. The number of hydrogen-bond donors (Lipinski definition) is 0. The second kappa shape index (κ2) is 11.2. The van der Waals surface area contributed by atoms with Gasteiger partial charge in [0.1, 0.15) is 0 Å². The summed E-state index contributed by atoms with van der Waals surface area (Å²) < 4.78 is 15.2. The minimum Gasteiger partial charge on any atom is -0.463 e. The van der Waals surface area contributed by atoms with Gasteiger partial charge in [-0.25, -0.2) is 14.4 Å². The van der Waals surface area contributed by atoms with Crippen LogP contribution in [0.4, 0.5) is 0 Å². The molecule has 0 N–H and O–H groups in total. The highest BCUT2D eigenvalue weighted by Gasteiger charge is 2.28. The lowest BCUT2D eigenvalue weighted by Crippen LogP contribution is -2.28. The van der Waals surface area contributed by atoms with Crippen LogP contribution >= 0.6 is 0 Å². The van der Waals surface area contributed by atoms with Crippen LogP contribution in [0.2, 0.25) is 0 Å². The number of esters is 3. The van der Waals surface area contributed by atoms with E-state index in [2.05, 4.69) is 19.7 Å². The van der Waals surface area contributed by atoms with Crippen LogP contribution in [0.3, 0.4) is 0 Å². The van der Waals surface area contributed by atoms with Crippen molar-refractivity contribution in [2.75, 3.05) is 13.2 Å². The Bertz CT molecular complexity index is 454. The highest BCUT2D eigenvalue weighted by Crippen LogP contribution is 2.33. The molecule has 0 spiro atoms. The van der Waals surface area contributed by atoms with Crippen molar-refractivity contribution in [1.29, 1.82) is 0 Å². The predicted molar refractivity (Wildman–Crippen MR) is 90.0 cm³/mol. The average Bonchev–Trinajstić information content (AvgIpc) is 2.53. The zero-order valence-electron chi connectivity index (χ0n) is 14.4. The minimum absolute atomic E-state index is 0.193. The summed E-state index contributed by atoms with van der Waals surface area (Å²) in [6.45, 7) is 14.1. The average molecular weight is 338 g/mol. The second-order valence-electron chi connectivity index (χ2n) is 5.71. The Kier molecular flexibility index (Phi) is 10.1. The van der Waals surface area contributed by atoms with Crippen LogP contribution in [-0.2, 0) is 28.6 Å². The molecule has 0 bridgehead atoms. The summed E-state index contributed by atoms with van der Waals surface area (Å²) in [5, 5.41) is 0. The maximum Gasteiger partial charge on any atom is 0.330 e. The summed E-state index contributed by atoms with van der Waals surface area (Å²) in [5.41, 5.74) is -0.357. The first kappa shape index (κ1) is 21.6. The molecule has 0 aliphatic heterocycles. The van der Waals surface area contributed by atoms with Gasteiger partial charge in [-0.05, 0) is 31.6 Å². The largest absolute Gasteiger partial charge is 0.463 e. The molecule has 0 amide bonds. The van der Waals surface area contributed by atoms with E-state index >= 15 is 0 Å². The summed E-state index contributed by atoms with van der Waals surface area (Å²) >= 11 is 0. The van der Waals surface area contributed by atoms with Gasteiger partial charge < -0.3 is 14.2 Å². The van der Waals surface area contributed by atoms with Gasteiger partial charge in [0.15, 0.2) is 0 Å². The van der Waals surface area contributed by atoms with Crippen molar-refractivity contribution in [3.05, 3.63) is 38.0 Å². The third kappa shape index (κ3) is 9.61. The smallest absolute Gasteiger partial charge is 0.330 e. The second-order valence-corrected chi connectivity index (χ2v) is 5.71. The third-order valence-electron chi connectivity index (χ3n) is 3.50. The van der Waals surface area contributed by atoms with Gasteiger partial charge in [0, 0.05) is 18.2 Å². The van der Waals surface area contributed by atoms with Crippen LogP contribution in [0.5, 0.6) is 0 Å². The topological polar surface area (TPSA) is 78.9 Å². The van der Waals surface area contributed by atoms with E-state index in [1.54, 1.807) is 6.92 Å². The number of carbonyl (C=O) groups is 3. The molecule has 0 aromatic heterocycles. The van der Waals surface area contributed by atoms with Gasteiger partial charge in [0.2, 0.25) is 0 Å². The van der Waals surface area contributed by atoms with Gasteiger partial charge in [0.05, 0.1) is 19.3 Å². The van der Waals surface area contributed by atoms with Gasteiger partial charge in [0.25, 0.3) is 0 Å². The lowest BCUT2D eigenvalue weighted by molar-refractivity contribution is -0.144. The van der Waals surface area contributed by atoms with Crippen molar-refractivity contribution in [3.8, 4) is 0 Å². The minimum atomic E-state index is -0.499. The highest BCUT2D eigenvalue weighted by atomic mass is 16.5. The van der Waals surface area contributed by atoms with Gasteiger partial charge in [-0.2, -0.15) is 0 Å². The van der Waals surface area contributed by atoms with E-state index < -0.39 is 17.9 Å². The molecule has 0 aliphatic rings. The van der Waals surface area contributed by atoms with Crippen molar-refractivity contribution >= 4 is 17.9 Å². The van der Waals surface area contributed by atoms with Crippen LogP contribution < -0.4 is 0 Å². The fraction of sp³-hybridized carbons (Fsp3) is 0.500. The Hall–Kier alpha value is -2.37. The molecule has 0 rings (SSSR count). The van der Waals surface area contributed by atoms with Gasteiger partial charge in [-0.3, -0.25) is 0 Å². The van der Waals surface area contributed by atoms with E-state index in [4.69, 9.17) is 14.2 Å². The van der Waals surface area contributed by atoms with E-state index in [9.17, 15) is 14.4 Å². The quantitative estimate of drug-likeness (QED) is 0.309. The number of hydrogen-bond acceptors (Lipinski definition) is 6. The highest BCUT2D eigenvalue weighted by molar-refractivity contribution is 5.81. The number of rotatable bonds is 12. The summed E-state index contributed by atoms with van der Waals surface area (Å²) in [6.07, 6.45) is 4.50. The zero-order valence-corrected chi connectivity index (χ0v) is 14.4. The van der Waals surface area contributed by atoms with Crippen LogP contribution in [0.15, 0.2) is 38.0 Å². The molecule has 24 heavy (non-hydrogen) atoms. The normalized spacial score (nSPS) is 11.8. The van der Waals surface area contributed by atoms with Crippen molar-refractivity contribution in [1.82, 2.24) is 0 Å². The molecule has 0 saturated carbocycles. The molecule has 6 heteroatoms. The van der Waals surface area contributed by atoms with Crippen LogP contribution in [0, 0.1) is 5.41 Å². The fourth-order valence-electron chi connectivity index (χ4n) is 2.23. The van der Waals surface area contributed by atoms with Crippen molar-refractivity contribution < 1.29 is 28.6 Å². The molecule has 1 atom stereocenters. The van der Waals surface area contributed by atoms with Gasteiger partial charge in [-0.1, -0.05) is 26.7 Å². The van der Waals surface area contributed by atoms with E-state index in [1.807, 2.05) is 6.92 Å². The lowest BCUT2D eigenvalue weighted by atomic mass is 9.79. The Balaban J connectivity index is 4.70. The summed E-state index contributed by atoms with van der Waals surface area (Å²) in [7, 11) is 0. The Morgan fingerprint density at radius 1 is 0.917 bits per heavy atom. The van der Waals surface area contributed by atoms with E-state index in [0.29, 0.717) is 19.3 Å². The summed E-state index contributed by atoms with van der Waals surface area (Å²) in [6, 6.07) is 0. The van der Waals surface area contributed by atoms with E-state index in [0.717, 1.165) is 18.2 Å². The Morgan fingerprint density at radius 3 is 1.71 bits per heavy atom. The molecule has 134 valence electrons. The number of carbonyl (C=O) groups excluding carboxylic acids is 3. The maximum absolute atomic E-state index is 11.3. The van der Waals surface area contributed by atoms with Crippen molar-refractivity contribution in [2.24, 2.45) is 5.41 Å².